The fourth-order valence-corrected chi connectivity index (χ4v) is 3.34. The van der Waals surface area contributed by atoms with Gasteiger partial charge in [-0.3, -0.25) is 4.90 Å². The maximum absolute atomic E-state index is 5.54. The number of ether oxygens (including phenoxy) is 1. The molecule has 0 saturated carbocycles. The molecule has 1 aliphatic heterocycles. The lowest BCUT2D eigenvalue weighted by Gasteiger charge is -2.25. The number of likely N-dealkylation sites (tertiary alicyclic amines) is 1. The van der Waals surface area contributed by atoms with Gasteiger partial charge in [0.25, 0.3) is 0 Å². The van der Waals surface area contributed by atoms with Gasteiger partial charge in [-0.15, -0.1) is 10.2 Å². The van der Waals surface area contributed by atoms with Crippen LogP contribution in [0.3, 0.4) is 0 Å². The molecule has 0 N–H and O–H groups in total. The molecule has 3 rings (SSSR count). The predicted octanol–water partition coefficient (Wildman–Crippen LogP) is 2.72. The van der Waals surface area contributed by atoms with E-state index in [9.17, 15) is 0 Å². The summed E-state index contributed by atoms with van der Waals surface area (Å²) in [5.74, 6) is 3.06. The van der Waals surface area contributed by atoms with Gasteiger partial charge >= 0.3 is 0 Å². The lowest BCUT2D eigenvalue weighted by atomic mass is 10.0. The number of aromatic nitrogens is 3. The zero-order valence-corrected chi connectivity index (χ0v) is 13.6. The van der Waals surface area contributed by atoms with Gasteiger partial charge < -0.3 is 9.30 Å². The molecule has 1 aromatic carbocycles. The molecule has 22 heavy (non-hydrogen) atoms. The summed E-state index contributed by atoms with van der Waals surface area (Å²) >= 11 is 0. The third-order valence-corrected chi connectivity index (χ3v) is 4.58. The number of hydrogen-bond donors (Lipinski definition) is 0. The zero-order chi connectivity index (χ0) is 15.5. The summed E-state index contributed by atoms with van der Waals surface area (Å²) in [5, 5.41) is 8.63. The first kappa shape index (κ1) is 15.0. The third-order valence-electron chi connectivity index (χ3n) is 4.58. The van der Waals surface area contributed by atoms with Crippen LogP contribution in [-0.2, 0) is 20.0 Å². The Morgan fingerprint density at radius 3 is 2.73 bits per heavy atom. The van der Waals surface area contributed by atoms with Crippen LogP contribution in [0, 0.1) is 0 Å². The summed E-state index contributed by atoms with van der Waals surface area (Å²) in [4.78, 5) is 2.49. The second kappa shape index (κ2) is 6.48. The van der Waals surface area contributed by atoms with Gasteiger partial charge in [-0.25, -0.2) is 0 Å². The Kier molecular flexibility index (Phi) is 4.43. The normalized spacial score (nSPS) is 18.8. The van der Waals surface area contributed by atoms with Crippen LogP contribution in [0.15, 0.2) is 24.3 Å². The molecule has 1 atom stereocenters. The topological polar surface area (TPSA) is 43.2 Å². The van der Waals surface area contributed by atoms with Crippen LogP contribution in [0.5, 0.6) is 5.75 Å². The molecule has 0 bridgehead atoms. The van der Waals surface area contributed by atoms with Gasteiger partial charge in [0.1, 0.15) is 17.4 Å². The zero-order valence-electron chi connectivity index (χ0n) is 13.6. The molecule has 1 aromatic heterocycles. The molecule has 1 aliphatic rings. The molecular weight excluding hydrogens is 276 g/mol. The molecule has 0 radical (unpaired) electrons. The Labute approximate surface area is 131 Å². The van der Waals surface area contributed by atoms with Crippen molar-refractivity contribution in [1.82, 2.24) is 19.7 Å². The second-order valence-corrected chi connectivity index (χ2v) is 5.82. The van der Waals surface area contributed by atoms with Gasteiger partial charge in [0.15, 0.2) is 0 Å². The van der Waals surface area contributed by atoms with E-state index in [1.807, 2.05) is 12.1 Å². The number of benzene rings is 1. The van der Waals surface area contributed by atoms with Gasteiger partial charge in [-0.05, 0) is 25.5 Å². The maximum atomic E-state index is 5.54. The molecule has 0 aliphatic carbocycles. The van der Waals surface area contributed by atoms with E-state index in [0.29, 0.717) is 6.04 Å². The molecule has 1 unspecified atom stereocenters. The fraction of sp³-hybridized carbons (Fsp3) is 0.529. The first-order valence-corrected chi connectivity index (χ1v) is 7.98. The molecule has 0 amide bonds. The monoisotopic (exact) mass is 300 g/mol. The highest BCUT2D eigenvalue weighted by Crippen LogP contribution is 2.37. The molecule has 5 nitrogen and oxygen atoms in total. The average Bonchev–Trinajstić information content (AvgIpc) is 3.15. The number of nitrogens with zero attached hydrogens (tertiary/aromatic N) is 4. The van der Waals surface area contributed by atoms with E-state index in [4.69, 9.17) is 4.74 Å². The van der Waals surface area contributed by atoms with Crippen LogP contribution in [0.2, 0.25) is 0 Å². The number of methoxy groups -OCH3 is 1. The standard InChI is InChI=1S/C17H24N4O/c1-4-16-18-19-17(20(16)2)12-21-11-7-9-14(21)13-8-5-6-10-15(13)22-3/h5-6,8,10,14H,4,7,9,11-12H2,1-3H3. The summed E-state index contributed by atoms with van der Waals surface area (Å²) in [6, 6.07) is 8.74. The highest BCUT2D eigenvalue weighted by atomic mass is 16.5. The minimum absolute atomic E-state index is 0.401. The fourth-order valence-electron chi connectivity index (χ4n) is 3.34. The van der Waals surface area contributed by atoms with E-state index >= 15 is 0 Å². The van der Waals surface area contributed by atoms with E-state index in [0.717, 1.165) is 36.9 Å². The maximum Gasteiger partial charge on any atom is 0.146 e. The van der Waals surface area contributed by atoms with Gasteiger partial charge in [0, 0.05) is 25.1 Å². The summed E-state index contributed by atoms with van der Waals surface area (Å²) < 4.78 is 7.66. The van der Waals surface area contributed by atoms with Crippen LogP contribution in [0.25, 0.3) is 0 Å². The largest absolute Gasteiger partial charge is 0.496 e. The number of aryl methyl sites for hydroxylation is 1. The van der Waals surface area contributed by atoms with Gasteiger partial charge in [0.05, 0.1) is 13.7 Å². The molecule has 1 fully saturated rings. The van der Waals surface area contributed by atoms with Crippen LogP contribution in [-0.4, -0.2) is 33.3 Å². The van der Waals surface area contributed by atoms with E-state index < -0.39 is 0 Å². The van der Waals surface area contributed by atoms with E-state index in [1.54, 1.807) is 7.11 Å². The molecule has 2 heterocycles. The third kappa shape index (κ3) is 2.73. The molecule has 2 aromatic rings. The lowest BCUT2D eigenvalue weighted by molar-refractivity contribution is 0.234. The predicted molar refractivity (Wildman–Crippen MR) is 85.8 cm³/mol. The van der Waals surface area contributed by atoms with Crippen molar-refractivity contribution in [3.05, 3.63) is 41.5 Å². The molecule has 5 heteroatoms. The van der Waals surface area contributed by atoms with Crippen molar-refractivity contribution >= 4 is 0 Å². The molecular formula is C17H24N4O. The number of hydrogen-bond acceptors (Lipinski definition) is 4. The second-order valence-electron chi connectivity index (χ2n) is 5.82. The minimum Gasteiger partial charge on any atom is -0.496 e. The van der Waals surface area contributed by atoms with E-state index in [1.165, 1.54) is 18.4 Å². The van der Waals surface area contributed by atoms with Crippen molar-refractivity contribution in [2.75, 3.05) is 13.7 Å². The van der Waals surface area contributed by atoms with Gasteiger partial charge in [-0.1, -0.05) is 25.1 Å². The summed E-state index contributed by atoms with van der Waals surface area (Å²) in [6.45, 7) is 4.05. The van der Waals surface area contributed by atoms with Crippen molar-refractivity contribution in [1.29, 1.82) is 0 Å². The molecule has 0 spiro atoms. The Bertz CT molecular complexity index is 637. The summed E-state index contributed by atoms with van der Waals surface area (Å²) in [6.07, 6.45) is 3.29. The average molecular weight is 300 g/mol. The Morgan fingerprint density at radius 1 is 1.23 bits per heavy atom. The smallest absolute Gasteiger partial charge is 0.146 e. The van der Waals surface area contributed by atoms with Gasteiger partial charge in [-0.2, -0.15) is 0 Å². The van der Waals surface area contributed by atoms with Gasteiger partial charge in [0.2, 0.25) is 0 Å². The van der Waals surface area contributed by atoms with Crippen LogP contribution in [0.4, 0.5) is 0 Å². The first-order chi connectivity index (χ1) is 10.7. The highest BCUT2D eigenvalue weighted by Gasteiger charge is 2.29. The van der Waals surface area contributed by atoms with E-state index in [-0.39, 0.29) is 0 Å². The van der Waals surface area contributed by atoms with E-state index in [2.05, 4.69) is 45.8 Å². The van der Waals surface area contributed by atoms with Crippen LogP contribution >= 0.6 is 0 Å². The Hall–Kier alpha value is -1.88. The Morgan fingerprint density at radius 2 is 2.00 bits per heavy atom. The van der Waals surface area contributed by atoms with Crippen LogP contribution in [0.1, 0.15) is 43.0 Å². The minimum atomic E-state index is 0.401. The first-order valence-electron chi connectivity index (χ1n) is 7.98. The quantitative estimate of drug-likeness (QED) is 0.851. The molecule has 118 valence electrons. The van der Waals surface area contributed by atoms with Crippen LogP contribution < -0.4 is 4.74 Å². The number of rotatable bonds is 5. The Balaban J connectivity index is 1.82. The van der Waals surface area contributed by atoms with Crippen molar-refractivity contribution < 1.29 is 4.74 Å². The lowest BCUT2D eigenvalue weighted by Crippen LogP contribution is -2.25. The van der Waals surface area contributed by atoms with Crippen molar-refractivity contribution in [3.63, 3.8) is 0 Å². The molecule has 1 saturated heterocycles. The summed E-state index contributed by atoms with van der Waals surface area (Å²) in [7, 11) is 3.80. The SMILES string of the molecule is CCc1nnc(CN2CCCC2c2ccccc2OC)n1C. The number of para-hydroxylation sites is 1. The summed E-state index contributed by atoms with van der Waals surface area (Å²) in [5.41, 5.74) is 1.28. The highest BCUT2D eigenvalue weighted by molar-refractivity contribution is 5.36. The van der Waals surface area contributed by atoms with Crippen molar-refractivity contribution in [2.24, 2.45) is 7.05 Å². The van der Waals surface area contributed by atoms with Crippen molar-refractivity contribution in [2.45, 2.75) is 38.8 Å². The van der Waals surface area contributed by atoms with Crippen molar-refractivity contribution in [3.8, 4) is 5.75 Å².